The average molecular weight is 564 g/mol. The Labute approximate surface area is 231 Å². The highest BCUT2D eigenvalue weighted by atomic mass is 19.2. The first-order valence-electron chi connectivity index (χ1n) is 12.9. The minimum absolute atomic E-state index is 0.0360. The van der Waals surface area contributed by atoms with E-state index < -0.39 is 23.0 Å². The number of nitrogens with one attached hydrogen (secondary N) is 3. The van der Waals surface area contributed by atoms with E-state index in [0.29, 0.717) is 71.0 Å². The molecule has 13 heteroatoms. The molecule has 11 nitrogen and oxygen atoms in total. The summed E-state index contributed by atoms with van der Waals surface area (Å²) in [6, 6.07) is 2.56. The van der Waals surface area contributed by atoms with E-state index in [-0.39, 0.29) is 22.4 Å². The third-order valence-electron chi connectivity index (χ3n) is 7.35. The molecule has 1 aromatic carbocycles. The van der Waals surface area contributed by atoms with Crippen LogP contribution in [0, 0.1) is 11.6 Å². The summed E-state index contributed by atoms with van der Waals surface area (Å²) in [4.78, 5) is 39.2. The minimum atomic E-state index is -1.35. The van der Waals surface area contributed by atoms with Crippen LogP contribution >= 0.6 is 0 Å². The lowest BCUT2D eigenvalue weighted by atomic mass is 10.0. The number of H-pyrrole nitrogens is 1. The molecule has 212 valence electrons. The zero-order valence-corrected chi connectivity index (χ0v) is 22.5. The molecule has 1 aliphatic heterocycles. The zero-order valence-electron chi connectivity index (χ0n) is 22.5. The standard InChI is InChI=1S/C28H27F2N7O4/c1-31-19-7-18(29)22(30)20-21-24(36(2)3)16(9-33-26(21)35-23(19)20)13-6-15-25(38)17(28(39)40)11-37(27(15)34-8-13)10-14-12-41-5-4-32-14/h6-9,11,14,31-32H,4-5,10,12H2,1-3H3,(H,33,35)(H,39,40). The van der Waals surface area contributed by atoms with E-state index in [4.69, 9.17) is 4.74 Å². The molecule has 41 heavy (non-hydrogen) atoms. The van der Waals surface area contributed by atoms with Crippen LogP contribution in [-0.2, 0) is 11.3 Å². The summed E-state index contributed by atoms with van der Waals surface area (Å²) in [5, 5.41) is 16.5. The Bertz CT molecular complexity index is 1910. The lowest BCUT2D eigenvalue weighted by Crippen LogP contribution is -2.44. The summed E-state index contributed by atoms with van der Waals surface area (Å²) >= 11 is 0. The summed E-state index contributed by atoms with van der Waals surface area (Å²) < 4.78 is 37.1. The quantitative estimate of drug-likeness (QED) is 0.246. The maximum absolute atomic E-state index is 15.3. The van der Waals surface area contributed by atoms with E-state index >= 15 is 4.39 Å². The molecule has 1 unspecified atom stereocenters. The molecule has 1 atom stereocenters. The molecule has 1 saturated heterocycles. The van der Waals surface area contributed by atoms with Gasteiger partial charge >= 0.3 is 5.97 Å². The van der Waals surface area contributed by atoms with Gasteiger partial charge in [-0.25, -0.2) is 23.5 Å². The first kappa shape index (κ1) is 26.6. The maximum atomic E-state index is 15.3. The van der Waals surface area contributed by atoms with Crippen molar-refractivity contribution in [2.75, 3.05) is 51.1 Å². The van der Waals surface area contributed by atoms with Crippen LogP contribution in [-0.4, -0.2) is 77.5 Å². The molecule has 1 aliphatic rings. The fourth-order valence-electron chi connectivity index (χ4n) is 5.50. The minimum Gasteiger partial charge on any atom is -0.477 e. The number of nitrogens with zero attached hydrogens (tertiary/aromatic N) is 4. The third-order valence-corrected chi connectivity index (χ3v) is 7.35. The van der Waals surface area contributed by atoms with Gasteiger partial charge in [-0.1, -0.05) is 0 Å². The highest BCUT2D eigenvalue weighted by Crippen LogP contribution is 2.42. The molecule has 0 bridgehead atoms. The molecule has 0 saturated carbocycles. The average Bonchev–Trinajstić information content (AvgIpc) is 3.36. The predicted octanol–water partition coefficient (Wildman–Crippen LogP) is 3.17. The molecule has 4 N–H and O–H groups in total. The first-order valence-corrected chi connectivity index (χ1v) is 12.9. The molecule has 0 amide bonds. The molecule has 5 aromatic rings. The van der Waals surface area contributed by atoms with Gasteiger partial charge in [0.2, 0.25) is 5.43 Å². The Morgan fingerprint density at radius 3 is 2.73 bits per heavy atom. The van der Waals surface area contributed by atoms with Crippen LogP contribution < -0.4 is 21.0 Å². The summed E-state index contributed by atoms with van der Waals surface area (Å²) in [6.45, 7) is 2.01. The van der Waals surface area contributed by atoms with Crippen LogP contribution in [0.1, 0.15) is 10.4 Å². The van der Waals surface area contributed by atoms with Gasteiger partial charge in [0.1, 0.15) is 16.9 Å². The van der Waals surface area contributed by atoms with Gasteiger partial charge in [-0.05, 0) is 6.07 Å². The fourth-order valence-corrected chi connectivity index (χ4v) is 5.50. The van der Waals surface area contributed by atoms with Crippen LogP contribution in [0.15, 0.2) is 35.5 Å². The number of rotatable bonds is 6. The SMILES string of the molecule is CNc1cc(F)c(F)c2c1[nH]c1ncc(-c3cnc4c(c3)c(=O)c(C(=O)O)cn4CC3COCCN3)c(N(C)C)c12. The van der Waals surface area contributed by atoms with Gasteiger partial charge in [-0.2, -0.15) is 0 Å². The molecule has 1 fully saturated rings. The highest BCUT2D eigenvalue weighted by molar-refractivity contribution is 6.18. The van der Waals surface area contributed by atoms with Gasteiger partial charge in [0.25, 0.3) is 0 Å². The van der Waals surface area contributed by atoms with E-state index in [1.807, 2.05) is 0 Å². The van der Waals surface area contributed by atoms with E-state index in [1.165, 1.54) is 6.20 Å². The van der Waals surface area contributed by atoms with E-state index in [0.717, 1.165) is 6.07 Å². The number of anilines is 2. The number of morpholine rings is 1. The lowest BCUT2D eigenvalue weighted by Gasteiger charge is -2.25. The van der Waals surface area contributed by atoms with Crippen LogP contribution in [0.5, 0.6) is 0 Å². The van der Waals surface area contributed by atoms with Gasteiger partial charge in [0.15, 0.2) is 11.6 Å². The van der Waals surface area contributed by atoms with Gasteiger partial charge < -0.3 is 34.9 Å². The Balaban J connectivity index is 1.61. The number of carboxylic acids is 1. The number of hydrogen-bond donors (Lipinski definition) is 4. The molecule has 6 rings (SSSR count). The molecular formula is C28H27F2N7O4. The Morgan fingerprint density at radius 2 is 2.05 bits per heavy atom. The predicted molar refractivity (Wildman–Crippen MR) is 152 cm³/mol. The molecule has 0 spiro atoms. The van der Waals surface area contributed by atoms with E-state index in [1.54, 1.807) is 49.1 Å². The molecule has 4 aromatic heterocycles. The largest absolute Gasteiger partial charge is 0.477 e. The molecule has 0 aliphatic carbocycles. The summed E-state index contributed by atoms with van der Waals surface area (Å²) in [5.41, 5.74) is 1.81. The Morgan fingerprint density at radius 1 is 1.24 bits per heavy atom. The lowest BCUT2D eigenvalue weighted by molar-refractivity contribution is 0.0690. The van der Waals surface area contributed by atoms with Crippen molar-refractivity contribution >= 4 is 50.3 Å². The first-order chi connectivity index (χ1) is 19.7. The van der Waals surface area contributed by atoms with Crippen molar-refractivity contribution in [1.82, 2.24) is 24.8 Å². The van der Waals surface area contributed by atoms with Crippen LogP contribution in [0.4, 0.5) is 20.2 Å². The number of carboxylic acid groups (broad SMARTS) is 1. The second-order valence-electron chi connectivity index (χ2n) is 10.1. The highest BCUT2D eigenvalue weighted by Gasteiger charge is 2.25. The van der Waals surface area contributed by atoms with Crippen LogP contribution in [0.2, 0.25) is 0 Å². The number of carbonyl (C=O) groups is 1. The number of pyridine rings is 3. The van der Waals surface area contributed by atoms with Gasteiger partial charge in [-0.15, -0.1) is 0 Å². The molecule has 5 heterocycles. The monoisotopic (exact) mass is 563 g/mol. The second-order valence-corrected chi connectivity index (χ2v) is 10.1. The van der Waals surface area contributed by atoms with Crippen molar-refractivity contribution in [1.29, 1.82) is 0 Å². The maximum Gasteiger partial charge on any atom is 0.341 e. The topological polar surface area (TPSA) is 137 Å². The van der Waals surface area contributed by atoms with Gasteiger partial charge in [-0.3, -0.25) is 4.79 Å². The third kappa shape index (κ3) is 4.33. The normalized spacial score (nSPS) is 15.6. The van der Waals surface area contributed by atoms with Crippen molar-refractivity contribution < 1.29 is 23.4 Å². The van der Waals surface area contributed by atoms with Crippen LogP contribution in [0.25, 0.3) is 44.1 Å². The van der Waals surface area contributed by atoms with Crippen molar-refractivity contribution in [2.45, 2.75) is 12.6 Å². The number of fused-ring (bicyclic) bond motifs is 4. The number of benzene rings is 1. The van der Waals surface area contributed by atoms with Gasteiger partial charge in [0, 0.05) is 76.1 Å². The van der Waals surface area contributed by atoms with Crippen molar-refractivity contribution in [3.63, 3.8) is 0 Å². The molecule has 0 radical (unpaired) electrons. The van der Waals surface area contributed by atoms with Gasteiger partial charge in [0.05, 0.1) is 46.3 Å². The van der Waals surface area contributed by atoms with Crippen molar-refractivity contribution in [3.05, 3.63) is 58.1 Å². The fraction of sp³-hybridized carbons (Fsp3) is 0.286. The summed E-state index contributed by atoms with van der Waals surface area (Å²) in [6.07, 6.45) is 4.42. The van der Waals surface area contributed by atoms with Crippen LogP contribution in [0.3, 0.4) is 0 Å². The molecular weight excluding hydrogens is 536 g/mol. The number of aromatic amines is 1. The number of aromatic nitrogens is 4. The Kier molecular flexibility index (Phi) is 6.54. The number of halogens is 2. The Hall–Kier alpha value is -4.62. The van der Waals surface area contributed by atoms with E-state index in [2.05, 4.69) is 25.6 Å². The second kappa shape index (κ2) is 10.1. The van der Waals surface area contributed by atoms with Crippen molar-refractivity contribution in [2.24, 2.45) is 0 Å². The number of aromatic carboxylic acids is 1. The zero-order chi connectivity index (χ0) is 29.0. The smallest absolute Gasteiger partial charge is 0.341 e. The number of hydrogen-bond acceptors (Lipinski definition) is 8. The number of ether oxygens (including phenoxy) is 1. The summed E-state index contributed by atoms with van der Waals surface area (Å²) in [5.74, 6) is -3.37. The summed E-state index contributed by atoms with van der Waals surface area (Å²) in [7, 11) is 5.13. The van der Waals surface area contributed by atoms with E-state index in [9.17, 15) is 19.1 Å². The van der Waals surface area contributed by atoms with Crippen molar-refractivity contribution in [3.8, 4) is 11.1 Å².